The third kappa shape index (κ3) is 3.95. The Morgan fingerprint density at radius 1 is 1.37 bits per heavy atom. The van der Waals surface area contributed by atoms with Crippen molar-refractivity contribution >= 4 is 0 Å². The topological polar surface area (TPSA) is 38.5 Å². The number of para-hydroxylation sites is 1. The number of hydrogen-bond donors (Lipinski definition) is 1. The summed E-state index contributed by atoms with van der Waals surface area (Å²) in [5, 5.41) is 0. The number of nitrogens with two attached hydrogens (primary N) is 1. The summed E-state index contributed by atoms with van der Waals surface area (Å²) in [6, 6.07) is 8.90. The van der Waals surface area contributed by atoms with Crippen LogP contribution < -0.4 is 10.5 Å². The molecule has 2 N–H and O–H groups in total. The van der Waals surface area contributed by atoms with E-state index in [1.165, 1.54) is 32.2 Å². The van der Waals surface area contributed by atoms with Crippen molar-refractivity contribution < 1.29 is 4.74 Å². The molecule has 3 heteroatoms. The molecule has 0 saturated heterocycles. The van der Waals surface area contributed by atoms with Crippen molar-refractivity contribution in [1.82, 2.24) is 4.90 Å². The van der Waals surface area contributed by atoms with Crippen LogP contribution in [0.15, 0.2) is 24.3 Å². The molecule has 1 fully saturated rings. The molecule has 0 heterocycles. The highest BCUT2D eigenvalue weighted by Gasteiger charge is 2.30. The van der Waals surface area contributed by atoms with Crippen LogP contribution in [-0.2, 0) is 0 Å². The molecule has 0 bridgehead atoms. The summed E-state index contributed by atoms with van der Waals surface area (Å²) in [6.45, 7) is 4.35. The second-order valence-electron chi connectivity index (χ2n) is 5.43. The van der Waals surface area contributed by atoms with E-state index in [2.05, 4.69) is 17.9 Å². The Kier molecular flexibility index (Phi) is 5.23. The van der Waals surface area contributed by atoms with Gasteiger partial charge in [0.15, 0.2) is 0 Å². The van der Waals surface area contributed by atoms with Crippen molar-refractivity contribution in [2.75, 3.05) is 20.2 Å². The van der Waals surface area contributed by atoms with Crippen LogP contribution in [0.25, 0.3) is 0 Å². The summed E-state index contributed by atoms with van der Waals surface area (Å²) in [6.07, 6.45) is 5.17. The van der Waals surface area contributed by atoms with Crippen LogP contribution in [0, 0.1) is 0 Å². The van der Waals surface area contributed by atoms with Crippen LogP contribution in [0.1, 0.15) is 44.2 Å². The molecular formula is C16H26N2O. The Hall–Kier alpha value is -1.06. The second kappa shape index (κ2) is 6.92. The van der Waals surface area contributed by atoms with Gasteiger partial charge in [0, 0.05) is 24.2 Å². The third-order valence-electron chi connectivity index (χ3n) is 3.83. The smallest absolute Gasteiger partial charge is 0.123 e. The number of methoxy groups -OCH3 is 1. The molecule has 1 aliphatic carbocycles. The molecule has 3 nitrogen and oxygen atoms in total. The van der Waals surface area contributed by atoms with Gasteiger partial charge >= 0.3 is 0 Å². The summed E-state index contributed by atoms with van der Waals surface area (Å²) in [7, 11) is 1.71. The summed E-state index contributed by atoms with van der Waals surface area (Å²) in [5.74, 6) is 0.904. The normalized spacial score (nSPS) is 16.6. The van der Waals surface area contributed by atoms with Gasteiger partial charge in [-0.1, -0.05) is 31.5 Å². The molecule has 2 rings (SSSR count). The third-order valence-corrected chi connectivity index (χ3v) is 3.83. The van der Waals surface area contributed by atoms with E-state index in [0.29, 0.717) is 0 Å². The average Bonchev–Trinajstić information content (AvgIpc) is 3.27. The molecule has 0 radical (unpaired) electrons. The Balaban J connectivity index is 1.99. The van der Waals surface area contributed by atoms with Gasteiger partial charge in [0.05, 0.1) is 7.11 Å². The van der Waals surface area contributed by atoms with Crippen molar-refractivity contribution in [1.29, 1.82) is 0 Å². The molecule has 1 aromatic carbocycles. The predicted octanol–water partition coefficient (Wildman–Crippen LogP) is 2.96. The molecular weight excluding hydrogens is 236 g/mol. The standard InChI is InChI=1S/C16H26N2O/c1-3-4-11-18(13-9-10-13)12-15(17)14-7-5-6-8-16(14)19-2/h5-8,13,15H,3-4,9-12,17H2,1-2H3. The summed E-state index contributed by atoms with van der Waals surface area (Å²) >= 11 is 0. The lowest BCUT2D eigenvalue weighted by atomic mass is 10.1. The average molecular weight is 262 g/mol. The van der Waals surface area contributed by atoms with Gasteiger partial charge in [-0.15, -0.1) is 0 Å². The van der Waals surface area contributed by atoms with E-state index in [1.807, 2.05) is 18.2 Å². The van der Waals surface area contributed by atoms with E-state index in [0.717, 1.165) is 23.9 Å². The predicted molar refractivity (Wildman–Crippen MR) is 79.4 cm³/mol. The van der Waals surface area contributed by atoms with Crippen molar-refractivity contribution in [2.45, 2.75) is 44.7 Å². The minimum atomic E-state index is 0.0357. The van der Waals surface area contributed by atoms with Crippen molar-refractivity contribution in [3.8, 4) is 5.75 Å². The zero-order chi connectivity index (χ0) is 13.7. The molecule has 0 amide bonds. The Morgan fingerprint density at radius 2 is 2.11 bits per heavy atom. The quantitative estimate of drug-likeness (QED) is 0.783. The first-order valence-corrected chi connectivity index (χ1v) is 7.38. The fourth-order valence-corrected chi connectivity index (χ4v) is 2.55. The lowest BCUT2D eigenvalue weighted by Gasteiger charge is -2.26. The molecule has 1 aromatic rings. The molecule has 1 unspecified atom stereocenters. The van der Waals surface area contributed by atoms with Crippen LogP contribution in [0.4, 0.5) is 0 Å². The second-order valence-corrected chi connectivity index (χ2v) is 5.43. The zero-order valence-electron chi connectivity index (χ0n) is 12.1. The largest absolute Gasteiger partial charge is 0.496 e. The van der Waals surface area contributed by atoms with Crippen molar-refractivity contribution in [3.05, 3.63) is 29.8 Å². The van der Waals surface area contributed by atoms with Crippen LogP contribution in [-0.4, -0.2) is 31.1 Å². The Labute approximate surface area is 116 Å². The number of ether oxygens (including phenoxy) is 1. The van der Waals surface area contributed by atoms with Crippen LogP contribution in [0.2, 0.25) is 0 Å². The number of hydrogen-bond acceptors (Lipinski definition) is 3. The zero-order valence-corrected chi connectivity index (χ0v) is 12.1. The molecule has 106 valence electrons. The van der Waals surface area contributed by atoms with E-state index >= 15 is 0 Å². The van der Waals surface area contributed by atoms with Crippen molar-refractivity contribution in [3.63, 3.8) is 0 Å². The first-order valence-electron chi connectivity index (χ1n) is 7.38. The fourth-order valence-electron chi connectivity index (χ4n) is 2.55. The van der Waals surface area contributed by atoms with E-state index in [4.69, 9.17) is 10.5 Å². The number of unbranched alkanes of at least 4 members (excludes halogenated alkanes) is 1. The summed E-state index contributed by atoms with van der Waals surface area (Å²) in [4.78, 5) is 2.56. The summed E-state index contributed by atoms with van der Waals surface area (Å²) in [5.41, 5.74) is 7.51. The van der Waals surface area contributed by atoms with Gasteiger partial charge in [-0.3, -0.25) is 4.90 Å². The lowest BCUT2D eigenvalue weighted by molar-refractivity contribution is 0.242. The van der Waals surface area contributed by atoms with Gasteiger partial charge < -0.3 is 10.5 Å². The highest BCUT2D eigenvalue weighted by atomic mass is 16.5. The maximum atomic E-state index is 6.39. The van der Waals surface area contributed by atoms with E-state index in [1.54, 1.807) is 7.11 Å². The Bertz CT molecular complexity index is 390. The molecule has 19 heavy (non-hydrogen) atoms. The number of benzene rings is 1. The molecule has 1 aliphatic rings. The summed E-state index contributed by atoms with van der Waals surface area (Å²) < 4.78 is 5.41. The van der Waals surface area contributed by atoms with Crippen molar-refractivity contribution in [2.24, 2.45) is 5.73 Å². The van der Waals surface area contributed by atoms with Crippen LogP contribution in [0.3, 0.4) is 0 Å². The molecule has 0 aliphatic heterocycles. The van der Waals surface area contributed by atoms with Gasteiger partial charge in [0.2, 0.25) is 0 Å². The van der Waals surface area contributed by atoms with E-state index in [9.17, 15) is 0 Å². The molecule has 0 aromatic heterocycles. The van der Waals surface area contributed by atoms with E-state index < -0.39 is 0 Å². The lowest BCUT2D eigenvalue weighted by Crippen LogP contribution is -2.34. The van der Waals surface area contributed by atoms with Gasteiger partial charge in [-0.2, -0.15) is 0 Å². The molecule has 1 saturated carbocycles. The number of nitrogens with zero attached hydrogens (tertiary/aromatic N) is 1. The van der Waals surface area contributed by atoms with Crippen LogP contribution in [0.5, 0.6) is 5.75 Å². The van der Waals surface area contributed by atoms with Gasteiger partial charge in [-0.05, 0) is 31.9 Å². The highest BCUT2D eigenvalue weighted by Crippen LogP contribution is 2.30. The minimum Gasteiger partial charge on any atom is -0.496 e. The monoisotopic (exact) mass is 262 g/mol. The molecule has 1 atom stereocenters. The van der Waals surface area contributed by atoms with Gasteiger partial charge in [-0.25, -0.2) is 0 Å². The maximum absolute atomic E-state index is 6.39. The van der Waals surface area contributed by atoms with E-state index in [-0.39, 0.29) is 6.04 Å². The first kappa shape index (κ1) is 14.4. The molecule has 0 spiro atoms. The Morgan fingerprint density at radius 3 is 2.74 bits per heavy atom. The SMILES string of the molecule is CCCCN(CC(N)c1ccccc1OC)C1CC1. The van der Waals surface area contributed by atoms with Crippen LogP contribution >= 0.6 is 0 Å². The first-order chi connectivity index (χ1) is 9.26. The fraction of sp³-hybridized carbons (Fsp3) is 0.625. The van der Waals surface area contributed by atoms with Gasteiger partial charge in [0.25, 0.3) is 0 Å². The maximum Gasteiger partial charge on any atom is 0.123 e. The number of rotatable bonds is 8. The highest BCUT2D eigenvalue weighted by molar-refractivity contribution is 5.35. The van der Waals surface area contributed by atoms with Gasteiger partial charge in [0.1, 0.15) is 5.75 Å². The minimum absolute atomic E-state index is 0.0357.